The zero-order chi connectivity index (χ0) is 23.4. The third-order valence-corrected chi connectivity index (χ3v) is 7.40. The number of halogens is 2. The minimum absolute atomic E-state index is 0.167. The van der Waals surface area contributed by atoms with Gasteiger partial charge in [-0.15, -0.1) is 0 Å². The van der Waals surface area contributed by atoms with Crippen LogP contribution in [0.3, 0.4) is 0 Å². The van der Waals surface area contributed by atoms with Gasteiger partial charge in [-0.1, -0.05) is 30.3 Å². The van der Waals surface area contributed by atoms with Gasteiger partial charge in [0.05, 0.1) is 4.90 Å². The second-order valence-electron chi connectivity index (χ2n) is 7.78. The zero-order valence-corrected chi connectivity index (χ0v) is 18.6. The predicted octanol–water partition coefficient (Wildman–Crippen LogP) is 3.72. The number of rotatable bonds is 6. The molecule has 1 heterocycles. The summed E-state index contributed by atoms with van der Waals surface area (Å²) in [6, 6.07) is 18.6. The van der Waals surface area contributed by atoms with Crippen LogP contribution in [-0.2, 0) is 16.6 Å². The van der Waals surface area contributed by atoms with Crippen molar-refractivity contribution in [3.05, 3.63) is 95.6 Å². The number of carbonyl (C=O) groups excluding carboxylic acids is 1. The number of nitrogens with zero attached hydrogens (tertiary/aromatic N) is 2. The van der Waals surface area contributed by atoms with Crippen LogP contribution in [0.5, 0.6) is 0 Å². The number of anilines is 1. The molecule has 172 valence electrons. The molecule has 1 aliphatic heterocycles. The first-order valence-electron chi connectivity index (χ1n) is 10.5. The van der Waals surface area contributed by atoms with E-state index in [-0.39, 0.29) is 10.6 Å². The van der Waals surface area contributed by atoms with Gasteiger partial charge in [-0.05, 0) is 42.0 Å². The molecule has 1 N–H and O–H groups in total. The first-order valence-corrected chi connectivity index (χ1v) is 11.9. The van der Waals surface area contributed by atoms with Crippen LogP contribution in [0, 0.1) is 11.6 Å². The molecule has 0 saturated carbocycles. The SMILES string of the molecule is O=C(Nc1ccc(F)c(F)c1)c1cccc(CN2CCN(S(=O)(=O)c3ccccc3)CC2)c1. The van der Waals surface area contributed by atoms with E-state index in [1.807, 2.05) is 6.07 Å². The Morgan fingerprint density at radius 2 is 1.58 bits per heavy atom. The third-order valence-electron chi connectivity index (χ3n) is 5.49. The monoisotopic (exact) mass is 471 g/mol. The maximum atomic E-state index is 13.4. The topological polar surface area (TPSA) is 69.7 Å². The van der Waals surface area contributed by atoms with Crippen LogP contribution >= 0.6 is 0 Å². The number of piperazine rings is 1. The number of sulfonamides is 1. The molecule has 6 nitrogen and oxygen atoms in total. The number of carbonyl (C=O) groups is 1. The minimum atomic E-state index is -3.51. The van der Waals surface area contributed by atoms with Crippen LogP contribution in [0.1, 0.15) is 15.9 Å². The number of amides is 1. The van der Waals surface area contributed by atoms with E-state index in [1.54, 1.807) is 48.5 Å². The molecule has 0 aliphatic carbocycles. The van der Waals surface area contributed by atoms with Gasteiger partial charge >= 0.3 is 0 Å². The van der Waals surface area contributed by atoms with E-state index in [4.69, 9.17) is 0 Å². The first-order chi connectivity index (χ1) is 15.8. The first kappa shape index (κ1) is 23.0. The molecule has 33 heavy (non-hydrogen) atoms. The summed E-state index contributed by atoms with van der Waals surface area (Å²) in [5.74, 6) is -2.44. The molecule has 0 radical (unpaired) electrons. The lowest BCUT2D eigenvalue weighted by atomic mass is 10.1. The summed E-state index contributed by atoms with van der Waals surface area (Å²) in [5.41, 5.74) is 1.45. The normalized spacial score (nSPS) is 15.3. The smallest absolute Gasteiger partial charge is 0.255 e. The van der Waals surface area contributed by atoms with Crippen molar-refractivity contribution in [2.24, 2.45) is 0 Å². The highest BCUT2D eigenvalue weighted by Gasteiger charge is 2.28. The summed E-state index contributed by atoms with van der Waals surface area (Å²) < 4.78 is 53.5. The molecule has 4 rings (SSSR count). The fourth-order valence-electron chi connectivity index (χ4n) is 3.72. The van der Waals surface area contributed by atoms with Gasteiger partial charge in [-0.3, -0.25) is 9.69 Å². The largest absolute Gasteiger partial charge is 0.322 e. The van der Waals surface area contributed by atoms with Crippen molar-refractivity contribution < 1.29 is 22.0 Å². The van der Waals surface area contributed by atoms with Crippen molar-refractivity contribution in [2.45, 2.75) is 11.4 Å². The molecule has 1 aliphatic rings. The maximum Gasteiger partial charge on any atom is 0.255 e. The second kappa shape index (κ2) is 9.78. The molecule has 0 atom stereocenters. The Labute approximate surface area is 191 Å². The van der Waals surface area contributed by atoms with Gasteiger partial charge in [0.1, 0.15) is 0 Å². The standard InChI is InChI=1S/C24H23F2N3O3S/c25-22-10-9-20(16-23(22)26)27-24(30)19-6-4-5-18(15-19)17-28-11-13-29(14-12-28)33(31,32)21-7-2-1-3-8-21/h1-10,15-16H,11-14,17H2,(H,27,30). The quantitative estimate of drug-likeness (QED) is 0.595. The van der Waals surface area contributed by atoms with Crippen LogP contribution in [0.25, 0.3) is 0 Å². The molecule has 0 bridgehead atoms. The van der Waals surface area contributed by atoms with Crippen molar-refractivity contribution >= 4 is 21.6 Å². The third kappa shape index (κ3) is 5.44. The molecule has 0 aromatic heterocycles. The van der Waals surface area contributed by atoms with Gasteiger partial charge in [0.15, 0.2) is 11.6 Å². The molecule has 0 unspecified atom stereocenters. The van der Waals surface area contributed by atoms with Gasteiger partial charge < -0.3 is 5.32 Å². The summed E-state index contributed by atoms with van der Waals surface area (Å²) in [5, 5.41) is 2.56. The van der Waals surface area contributed by atoms with E-state index in [0.29, 0.717) is 38.3 Å². The summed E-state index contributed by atoms with van der Waals surface area (Å²) in [6.07, 6.45) is 0. The Kier molecular flexibility index (Phi) is 6.83. The molecule has 0 spiro atoms. The van der Waals surface area contributed by atoms with Crippen molar-refractivity contribution in [3.63, 3.8) is 0 Å². The Morgan fingerprint density at radius 1 is 0.848 bits per heavy atom. The van der Waals surface area contributed by atoms with E-state index in [1.165, 1.54) is 10.4 Å². The lowest BCUT2D eigenvalue weighted by molar-refractivity contribution is 0.102. The molecule has 3 aromatic rings. The second-order valence-corrected chi connectivity index (χ2v) is 9.71. The van der Waals surface area contributed by atoms with Crippen LogP contribution in [0.2, 0.25) is 0 Å². The van der Waals surface area contributed by atoms with E-state index in [2.05, 4.69) is 10.2 Å². The number of nitrogens with one attached hydrogen (secondary N) is 1. The van der Waals surface area contributed by atoms with E-state index < -0.39 is 27.6 Å². The van der Waals surface area contributed by atoms with Crippen molar-refractivity contribution in [2.75, 3.05) is 31.5 Å². The number of hydrogen-bond donors (Lipinski definition) is 1. The van der Waals surface area contributed by atoms with Gasteiger partial charge in [0.2, 0.25) is 10.0 Å². The highest BCUT2D eigenvalue weighted by atomic mass is 32.2. The summed E-state index contributed by atoms with van der Waals surface area (Å²) in [6.45, 7) is 2.46. The van der Waals surface area contributed by atoms with Crippen LogP contribution in [-0.4, -0.2) is 49.7 Å². The number of hydrogen-bond acceptors (Lipinski definition) is 4. The Hall–Kier alpha value is -3.14. The van der Waals surface area contributed by atoms with Crippen LogP contribution in [0.15, 0.2) is 77.7 Å². The van der Waals surface area contributed by atoms with E-state index in [0.717, 1.165) is 17.7 Å². The number of benzene rings is 3. The molecular weight excluding hydrogens is 448 g/mol. The average Bonchev–Trinajstić information content (AvgIpc) is 2.82. The van der Waals surface area contributed by atoms with Gasteiger partial charge in [-0.2, -0.15) is 4.31 Å². The van der Waals surface area contributed by atoms with E-state index in [9.17, 15) is 22.0 Å². The lowest BCUT2D eigenvalue weighted by Crippen LogP contribution is -2.48. The molecule has 1 amide bonds. The fourth-order valence-corrected chi connectivity index (χ4v) is 5.16. The zero-order valence-electron chi connectivity index (χ0n) is 17.7. The fraction of sp³-hybridized carbons (Fsp3) is 0.208. The average molecular weight is 472 g/mol. The maximum absolute atomic E-state index is 13.4. The molecule has 3 aromatic carbocycles. The molecule has 1 fully saturated rings. The van der Waals surface area contributed by atoms with Crippen LogP contribution < -0.4 is 5.32 Å². The Balaban J connectivity index is 1.36. The Bertz CT molecular complexity index is 1240. The van der Waals surface area contributed by atoms with Crippen molar-refractivity contribution in [1.82, 2.24) is 9.21 Å². The van der Waals surface area contributed by atoms with E-state index >= 15 is 0 Å². The highest BCUT2D eigenvalue weighted by molar-refractivity contribution is 7.89. The molecular formula is C24H23F2N3O3S. The lowest BCUT2D eigenvalue weighted by Gasteiger charge is -2.34. The van der Waals surface area contributed by atoms with Crippen LogP contribution in [0.4, 0.5) is 14.5 Å². The summed E-state index contributed by atoms with van der Waals surface area (Å²) in [4.78, 5) is 14.9. The van der Waals surface area contributed by atoms with Gasteiger partial charge in [-0.25, -0.2) is 17.2 Å². The Morgan fingerprint density at radius 3 is 2.27 bits per heavy atom. The van der Waals surface area contributed by atoms with Gasteiger partial charge in [0, 0.05) is 50.0 Å². The molecule has 9 heteroatoms. The minimum Gasteiger partial charge on any atom is -0.322 e. The van der Waals surface area contributed by atoms with Gasteiger partial charge in [0.25, 0.3) is 5.91 Å². The predicted molar refractivity (Wildman–Crippen MR) is 121 cm³/mol. The van der Waals surface area contributed by atoms with Crippen molar-refractivity contribution in [3.8, 4) is 0 Å². The summed E-state index contributed by atoms with van der Waals surface area (Å²) >= 11 is 0. The summed E-state index contributed by atoms with van der Waals surface area (Å²) in [7, 11) is -3.51. The van der Waals surface area contributed by atoms with Crippen molar-refractivity contribution in [1.29, 1.82) is 0 Å². The highest BCUT2D eigenvalue weighted by Crippen LogP contribution is 2.19. The molecule has 1 saturated heterocycles.